The Bertz CT molecular complexity index is 1250. The van der Waals surface area contributed by atoms with Gasteiger partial charge in [0.25, 0.3) is 0 Å². The van der Waals surface area contributed by atoms with Gasteiger partial charge in [-0.1, -0.05) is 35.0 Å². The number of fused-ring (bicyclic) bond motifs is 1. The van der Waals surface area contributed by atoms with Gasteiger partial charge in [0.05, 0.1) is 17.2 Å². The van der Waals surface area contributed by atoms with Crippen LogP contribution in [0.15, 0.2) is 59.5 Å². The van der Waals surface area contributed by atoms with Crippen LogP contribution in [0.3, 0.4) is 0 Å². The van der Waals surface area contributed by atoms with Gasteiger partial charge in [-0.25, -0.2) is 19.9 Å². The summed E-state index contributed by atoms with van der Waals surface area (Å²) in [6.45, 7) is 3.45. The fraction of sp³-hybridized carbons (Fsp3) is 0.217. The molecular formula is C23H21BrN6O. The zero-order valence-electron chi connectivity index (χ0n) is 16.9. The van der Waals surface area contributed by atoms with Crippen LogP contribution in [0.25, 0.3) is 33.4 Å². The van der Waals surface area contributed by atoms with Gasteiger partial charge in [-0.3, -0.25) is 0 Å². The van der Waals surface area contributed by atoms with Gasteiger partial charge < -0.3 is 15.7 Å². The van der Waals surface area contributed by atoms with Crippen molar-refractivity contribution in [3.05, 3.63) is 59.5 Å². The van der Waals surface area contributed by atoms with Gasteiger partial charge in [0, 0.05) is 35.2 Å². The van der Waals surface area contributed by atoms with Gasteiger partial charge in [0.1, 0.15) is 18.0 Å². The van der Waals surface area contributed by atoms with Crippen LogP contribution in [0.1, 0.15) is 6.92 Å². The second-order valence-corrected chi connectivity index (χ2v) is 8.79. The molecule has 0 aliphatic carbocycles. The molecule has 1 aromatic carbocycles. The molecular weight excluding hydrogens is 456 g/mol. The number of nitrogens with zero attached hydrogens (tertiary/aromatic N) is 5. The van der Waals surface area contributed by atoms with Crippen LogP contribution in [-0.2, 0) is 0 Å². The van der Waals surface area contributed by atoms with Crippen molar-refractivity contribution in [3.63, 3.8) is 0 Å². The van der Waals surface area contributed by atoms with E-state index in [1.807, 2.05) is 48.7 Å². The molecule has 1 saturated heterocycles. The van der Waals surface area contributed by atoms with E-state index in [0.29, 0.717) is 18.0 Å². The number of rotatable bonds is 3. The van der Waals surface area contributed by atoms with Crippen molar-refractivity contribution >= 4 is 38.6 Å². The Morgan fingerprint density at radius 2 is 1.94 bits per heavy atom. The Morgan fingerprint density at radius 1 is 1.06 bits per heavy atom. The lowest BCUT2D eigenvalue weighted by molar-refractivity contribution is 0.157. The minimum Gasteiger partial charge on any atom is -0.391 e. The number of nitrogens with two attached hydrogens (primary N) is 1. The summed E-state index contributed by atoms with van der Waals surface area (Å²) in [7, 11) is 0. The van der Waals surface area contributed by atoms with Crippen molar-refractivity contribution in [1.29, 1.82) is 0 Å². The number of aliphatic hydroxyl groups excluding tert-OH is 1. The minimum atomic E-state index is -0.318. The lowest BCUT2D eigenvalue weighted by Gasteiger charge is -2.17. The van der Waals surface area contributed by atoms with Gasteiger partial charge in [-0.15, -0.1) is 0 Å². The first-order valence-corrected chi connectivity index (χ1v) is 10.9. The van der Waals surface area contributed by atoms with Gasteiger partial charge in [-0.2, -0.15) is 0 Å². The average molecular weight is 477 g/mol. The van der Waals surface area contributed by atoms with Crippen LogP contribution in [0.5, 0.6) is 0 Å². The van der Waals surface area contributed by atoms with Crippen LogP contribution < -0.4 is 10.6 Å². The average Bonchev–Trinajstić information content (AvgIpc) is 3.11. The minimum absolute atomic E-state index is 0.238. The molecule has 7 nitrogen and oxygen atoms in total. The number of pyridine rings is 2. The van der Waals surface area contributed by atoms with Gasteiger partial charge in [0.2, 0.25) is 0 Å². The van der Waals surface area contributed by atoms with Crippen molar-refractivity contribution < 1.29 is 5.11 Å². The molecule has 0 radical (unpaired) electrons. The third kappa shape index (κ3) is 3.73. The Morgan fingerprint density at radius 3 is 2.65 bits per heavy atom. The summed E-state index contributed by atoms with van der Waals surface area (Å²) >= 11 is 3.54. The Labute approximate surface area is 188 Å². The number of hydrogen-bond acceptors (Lipinski definition) is 7. The molecule has 3 aromatic heterocycles. The van der Waals surface area contributed by atoms with Crippen molar-refractivity contribution in [2.45, 2.75) is 13.0 Å². The van der Waals surface area contributed by atoms with E-state index in [1.165, 1.54) is 6.33 Å². The lowest BCUT2D eigenvalue weighted by Crippen LogP contribution is -2.21. The van der Waals surface area contributed by atoms with Gasteiger partial charge in [0.15, 0.2) is 5.65 Å². The normalized spacial score (nSPS) is 18.6. The molecule has 156 valence electrons. The number of aromatic nitrogens is 4. The predicted molar refractivity (Wildman–Crippen MR) is 125 cm³/mol. The van der Waals surface area contributed by atoms with Crippen molar-refractivity contribution in [2.75, 3.05) is 23.7 Å². The number of halogens is 1. The highest BCUT2D eigenvalue weighted by molar-refractivity contribution is 9.10. The summed E-state index contributed by atoms with van der Waals surface area (Å²) in [5.41, 5.74) is 10.3. The quantitative estimate of drug-likeness (QED) is 0.461. The molecule has 0 amide bonds. The number of hydrogen-bond donors (Lipinski definition) is 2. The molecule has 0 unspecified atom stereocenters. The van der Waals surface area contributed by atoms with Crippen molar-refractivity contribution in [2.24, 2.45) is 5.92 Å². The highest BCUT2D eigenvalue weighted by Gasteiger charge is 2.28. The van der Waals surface area contributed by atoms with E-state index in [0.717, 1.165) is 44.6 Å². The molecule has 4 heterocycles. The molecule has 3 N–H and O–H groups in total. The second kappa shape index (κ2) is 7.86. The maximum Gasteiger partial charge on any atom is 0.165 e. The molecule has 4 aromatic rings. The molecule has 0 bridgehead atoms. The first-order chi connectivity index (χ1) is 15.0. The standard InChI is InChI=1S/C23H21BrN6O/c1-13-10-30(11-19(13)31)20-6-5-15(9-26-20)18-8-17(14-3-2-4-16(24)7-14)21-22(25)27-12-28-23(21)29-18/h2-9,12-13,19,31H,10-11H2,1H3,(H2,25,27,28,29)/t13-,19+/m1/s1. The third-order valence-corrected chi connectivity index (χ3v) is 6.20. The van der Waals surface area contributed by atoms with E-state index in [2.05, 4.69) is 42.7 Å². The van der Waals surface area contributed by atoms with Crippen molar-refractivity contribution in [1.82, 2.24) is 19.9 Å². The third-order valence-electron chi connectivity index (χ3n) is 5.71. The van der Waals surface area contributed by atoms with Crippen LogP contribution >= 0.6 is 15.9 Å². The highest BCUT2D eigenvalue weighted by Crippen LogP contribution is 2.35. The maximum atomic E-state index is 10.0. The Balaban J connectivity index is 1.59. The fourth-order valence-electron chi connectivity index (χ4n) is 3.98. The molecule has 1 aliphatic heterocycles. The summed E-state index contributed by atoms with van der Waals surface area (Å²) in [4.78, 5) is 20.0. The molecule has 8 heteroatoms. The predicted octanol–water partition coefficient (Wildman–Crippen LogP) is 3.92. The number of anilines is 2. The molecule has 5 rings (SSSR count). The molecule has 0 saturated carbocycles. The number of nitrogen functional groups attached to an aromatic ring is 1. The fourth-order valence-corrected chi connectivity index (χ4v) is 4.38. The van der Waals surface area contributed by atoms with Crippen molar-refractivity contribution in [3.8, 4) is 22.4 Å². The Hall–Kier alpha value is -3.10. The SMILES string of the molecule is C[C@@H]1CN(c2ccc(-c3cc(-c4cccc(Br)c4)c4c(N)ncnc4n3)cn2)C[C@@H]1O. The lowest BCUT2D eigenvalue weighted by atomic mass is 10.0. The van der Waals surface area contributed by atoms with Crippen LogP contribution in [0, 0.1) is 5.92 Å². The molecule has 0 spiro atoms. The van der Waals surface area contributed by atoms with Crippen LogP contribution in [-0.4, -0.2) is 44.2 Å². The smallest absolute Gasteiger partial charge is 0.165 e. The van der Waals surface area contributed by atoms with E-state index in [9.17, 15) is 5.11 Å². The largest absolute Gasteiger partial charge is 0.391 e. The van der Waals surface area contributed by atoms with E-state index in [-0.39, 0.29) is 12.0 Å². The molecule has 1 fully saturated rings. The molecule has 1 aliphatic rings. The summed E-state index contributed by atoms with van der Waals surface area (Å²) in [6.07, 6.45) is 2.93. The van der Waals surface area contributed by atoms with Gasteiger partial charge in [-0.05, 0) is 41.5 Å². The molecule has 31 heavy (non-hydrogen) atoms. The van der Waals surface area contributed by atoms with Crippen LogP contribution in [0.2, 0.25) is 0 Å². The molecule has 2 atom stereocenters. The maximum absolute atomic E-state index is 10.0. The summed E-state index contributed by atoms with van der Waals surface area (Å²) < 4.78 is 0.972. The van der Waals surface area contributed by atoms with E-state index in [1.54, 1.807) is 0 Å². The second-order valence-electron chi connectivity index (χ2n) is 7.88. The summed E-state index contributed by atoms with van der Waals surface area (Å²) in [6, 6.07) is 14.0. The number of aliphatic hydroxyl groups is 1. The number of β-amino-alcohol motifs (C(OH)–C–C–N with tert-alkyl or cyclic N) is 1. The first kappa shape index (κ1) is 19.8. The first-order valence-electron chi connectivity index (χ1n) is 10.1. The number of benzene rings is 1. The zero-order valence-corrected chi connectivity index (χ0v) is 18.5. The zero-order chi connectivity index (χ0) is 21.5. The summed E-state index contributed by atoms with van der Waals surface area (Å²) in [5, 5.41) is 10.8. The highest BCUT2D eigenvalue weighted by atomic mass is 79.9. The van der Waals surface area contributed by atoms with E-state index >= 15 is 0 Å². The van der Waals surface area contributed by atoms with E-state index < -0.39 is 0 Å². The van der Waals surface area contributed by atoms with Gasteiger partial charge >= 0.3 is 0 Å². The Kier molecular flexibility index (Phi) is 5.03. The topological polar surface area (TPSA) is 101 Å². The summed E-state index contributed by atoms with van der Waals surface area (Å²) in [5.74, 6) is 1.49. The van der Waals surface area contributed by atoms with E-state index in [4.69, 9.17) is 10.7 Å². The monoisotopic (exact) mass is 476 g/mol. The van der Waals surface area contributed by atoms with Crippen LogP contribution in [0.4, 0.5) is 11.6 Å².